The van der Waals surface area contributed by atoms with E-state index in [9.17, 15) is 4.79 Å². The average Bonchev–Trinajstić information content (AvgIpc) is 2.50. The van der Waals surface area contributed by atoms with E-state index in [2.05, 4.69) is 38.2 Å². The van der Waals surface area contributed by atoms with Gasteiger partial charge in [-0.05, 0) is 67.6 Å². The molecule has 2 nitrogen and oxygen atoms in total. The van der Waals surface area contributed by atoms with E-state index >= 15 is 0 Å². The van der Waals surface area contributed by atoms with Gasteiger partial charge in [0, 0.05) is 10.8 Å². The molecule has 1 amide bonds. The lowest BCUT2D eigenvalue weighted by Crippen LogP contribution is -2.28. The van der Waals surface area contributed by atoms with Gasteiger partial charge in [-0.15, -0.1) is 11.8 Å². The summed E-state index contributed by atoms with van der Waals surface area (Å²) in [4.78, 5) is 12.2. The van der Waals surface area contributed by atoms with Gasteiger partial charge >= 0.3 is 0 Å². The zero-order valence-corrected chi connectivity index (χ0v) is 16.2. The van der Waals surface area contributed by atoms with E-state index in [0.29, 0.717) is 5.75 Å². The number of benzene rings is 2. The molecular formula is C20H24ClNOS. The largest absolute Gasteiger partial charge is 0.349 e. The van der Waals surface area contributed by atoms with Crippen LogP contribution in [0.3, 0.4) is 0 Å². The smallest absolute Gasteiger partial charge is 0.230 e. The highest BCUT2D eigenvalue weighted by Gasteiger charge is 2.13. The van der Waals surface area contributed by atoms with E-state index in [1.54, 1.807) is 11.8 Å². The lowest BCUT2D eigenvalue weighted by Gasteiger charge is -2.18. The number of aryl methyl sites for hydroxylation is 3. The van der Waals surface area contributed by atoms with E-state index in [4.69, 9.17) is 11.6 Å². The van der Waals surface area contributed by atoms with Gasteiger partial charge in [-0.25, -0.2) is 0 Å². The summed E-state index contributed by atoms with van der Waals surface area (Å²) < 4.78 is 0. The first-order valence-electron chi connectivity index (χ1n) is 8.06. The Labute approximate surface area is 154 Å². The van der Waals surface area contributed by atoms with E-state index in [1.807, 2.05) is 31.2 Å². The molecule has 1 atom stereocenters. The Morgan fingerprint density at radius 1 is 1.12 bits per heavy atom. The van der Waals surface area contributed by atoms with Gasteiger partial charge in [-0.2, -0.15) is 0 Å². The molecule has 0 aliphatic rings. The SMILES string of the molecule is Cc1cc(C)c(C(C)NC(=O)CSCc2cccc(Cl)c2)cc1C. The number of halogens is 1. The van der Waals surface area contributed by atoms with Crippen molar-refractivity contribution in [3.8, 4) is 0 Å². The van der Waals surface area contributed by atoms with Gasteiger partial charge in [0.2, 0.25) is 5.91 Å². The number of hydrogen-bond acceptors (Lipinski definition) is 2. The minimum atomic E-state index is 0.0172. The highest BCUT2D eigenvalue weighted by atomic mass is 35.5. The van der Waals surface area contributed by atoms with Crippen molar-refractivity contribution in [1.82, 2.24) is 5.32 Å². The molecule has 4 heteroatoms. The van der Waals surface area contributed by atoms with Crippen molar-refractivity contribution in [1.29, 1.82) is 0 Å². The van der Waals surface area contributed by atoms with Crippen molar-refractivity contribution >= 4 is 29.3 Å². The number of hydrogen-bond donors (Lipinski definition) is 1. The Bertz CT molecular complexity index is 730. The quantitative estimate of drug-likeness (QED) is 0.748. The first-order valence-corrected chi connectivity index (χ1v) is 9.59. The predicted octanol–water partition coefficient (Wildman–Crippen LogP) is 5.38. The zero-order valence-electron chi connectivity index (χ0n) is 14.7. The Morgan fingerprint density at radius 2 is 1.83 bits per heavy atom. The van der Waals surface area contributed by atoms with E-state index in [-0.39, 0.29) is 11.9 Å². The zero-order chi connectivity index (χ0) is 17.7. The second-order valence-electron chi connectivity index (χ2n) is 6.20. The monoisotopic (exact) mass is 361 g/mol. The van der Waals surface area contributed by atoms with Crippen molar-refractivity contribution < 1.29 is 4.79 Å². The molecule has 1 unspecified atom stereocenters. The van der Waals surface area contributed by atoms with Crippen LogP contribution in [0.1, 0.15) is 40.8 Å². The number of thioether (sulfide) groups is 1. The molecule has 2 rings (SSSR count). The highest BCUT2D eigenvalue weighted by molar-refractivity contribution is 7.99. The van der Waals surface area contributed by atoms with E-state index < -0.39 is 0 Å². The fourth-order valence-corrected chi connectivity index (χ4v) is 3.70. The van der Waals surface area contributed by atoms with Crippen LogP contribution < -0.4 is 5.32 Å². The van der Waals surface area contributed by atoms with Crippen molar-refractivity contribution in [2.24, 2.45) is 0 Å². The van der Waals surface area contributed by atoms with E-state index in [1.165, 1.54) is 22.3 Å². The number of nitrogens with one attached hydrogen (secondary N) is 1. The lowest BCUT2D eigenvalue weighted by atomic mass is 9.96. The molecule has 0 aliphatic carbocycles. The van der Waals surface area contributed by atoms with Crippen molar-refractivity contribution in [2.75, 3.05) is 5.75 Å². The second-order valence-corrected chi connectivity index (χ2v) is 7.63. The molecule has 1 N–H and O–H groups in total. The molecule has 24 heavy (non-hydrogen) atoms. The molecule has 0 heterocycles. The van der Waals surface area contributed by atoms with Crippen LogP contribution >= 0.6 is 23.4 Å². The van der Waals surface area contributed by atoms with Gasteiger partial charge in [0.05, 0.1) is 11.8 Å². The predicted molar refractivity (Wildman–Crippen MR) is 105 cm³/mol. The molecule has 0 bridgehead atoms. The van der Waals surface area contributed by atoms with E-state index in [0.717, 1.165) is 16.3 Å². The second kappa shape index (κ2) is 8.59. The van der Waals surface area contributed by atoms with Crippen molar-refractivity contribution in [2.45, 2.75) is 39.5 Å². The third-order valence-corrected chi connectivity index (χ3v) is 5.36. The average molecular weight is 362 g/mol. The van der Waals surface area contributed by atoms with Crippen LogP contribution in [0.5, 0.6) is 0 Å². The minimum absolute atomic E-state index is 0.0172. The molecule has 0 aliphatic heterocycles. The maximum Gasteiger partial charge on any atom is 0.230 e. The van der Waals surface area contributed by atoms with Crippen LogP contribution in [0.15, 0.2) is 36.4 Å². The Morgan fingerprint density at radius 3 is 2.54 bits per heavy atom. The number of amides is 1. The van der Waals surface area contributed by atoms with Crippen LogP contribution in [0.4, 0.5) is 0 Å². The Hall–Kier alpha value is -1.45. The first-order chi connectivity index (χ1) is 11.4. The number of carbonyl (C=O) groups is 1. The van der Waals surface area contributed by atoms with Gasteiger partial charge in [-0.3, -0.25) is 4.79 Å². The van der Waals surface area contributed by atoms with Gasteiger partial charge in [0.1, 0.15) is 0 Å². The summed E-state index contributed by atoms with van der Waals surface area (Å²) in [6.45, 7) is 8.35. The topological polar surface area (TPSA) is 29.1 Å². The Balaban J connectivity index is 1.87. The van der Waals surface area contributed by atoms with Crippen molar-refractivity contribution in [3.63, 3.8) is 0 Å². The molecule has 0 aromatic heterocycles. The summed E-state index contributed by atoms with van der Waals surface area (Å²) >= 11 is 7.57. The fourth-order valence-electron chi connectivity index (χ4n) is 2.70. The summed E-state index contributed by atoms with van der Waals surface area (Å²) in [6, 6.07) is 12.1. The molecule has 2 aromatic carbocycles. The standard InChI is InChI=1S/C20H24ClNOS/c1-13-8-15(3)19(9-14(13)2)16(4)22-20(23)12-24-11-17-6-5-7-18(21)10-17/h5-10,16H,11-12H2,1-4H3,(H,22,23). The van der Waals surface area contributed by atoms with Gasteiger partial charge in [0.25, 0.3) is 0 Å². The van der Waals surface area contributed by atoms with Crippen LogP contribution in [0, 0.1) is 20.8 Å². The van der Waals surface area contributed by atoms with Crippen molar-refractivity contribution in [3.05, 3.63) is 69.2 Å². The first kappa shape index (κ1) is 18.9. The van der Waals surface area contributed by atoms with Crippen LogP contribution in [0.25, 0.3) is 0 Å². The fraction of sp³-hybridized carbons (Fsp3) is 0.350. The minimum Gasteiger partial charge on any atom is -0.349 e. The third-order valence-electron chi connectivity index (χ3n) is 4.12. The normalized spacial score (nSPS) is 12.0. The van der Waals surface area contributed by atoms with Gasteiger partial charge in [0.15, 0.2) is 0 Å². The maximum atomic E-state index is 12.2. The summed E-state index contributed by atoms with van der Waals surface area (Å²) in [5.41, 5.74) is 6.08. The lowest BCUT2D eigenvalue weighted by molar-refractivity contribution is -0.119. The third kappa shape index (κ3) is 5.29. The van der Waals surface area contributed by atoms with Gasteiger partial charge in [-0.1, -0.05) is 35.9 Å². The van der Waals surface area contributed by atoms with Gasteiger partial charge < -0.3 is 5.32 Å². The molecule has 0 fully saturated rings. The molecule has 0 spiro atoms. The molecular weight excluding hydrogens is 338 g/mol. The van der Waals surface area contributed by atoms with Crippen LogP contribution in [0.2, 0.25) is 5.02 Å². The number of rotatable bonds is 6. The molecule has 0 saturated carbocycles. The summed E-state index contributed by atoms with van der Waals surface area (Å²) in [7, 11) is 0. The molecule has 2 aromatic rings. The summed E-state index contributed by atoms with van der Waals surface area (Å²) in [5.74, 6) is 1.29. The highest BCUT2D eigenvalue weighted by Crippen LogP contribution is 2.22. The number of carbonyl (C=O) groups excluding carboxylic acids is 1. The van der Waals surface area contributed by atoms with Crippen LogP contribution in [-0.2, 0) is 10.5 Å². The molecule has 0 saturated heterocycles. The van der Waals surface area contributed by atoms with Crippen LogP contribution in [-0.4, -0.2) is 11.7 Å². The maximum absolute atomic E-state index is 12.2. The summed E-state index contributed by atoms with van der Waals surface area (Å²) in [5, 5.41) is 3.83. The summed E-state index contributed by atoms with van der Waals surface area (Å²) in [6.07, 6.45) is 0. The molecule has 0 radical (unpaired) electrons. The Kier molecular flexibility index (Phi) is 6.76. The molecule has 128 valence electrons.